The molecule has 1 aromatic heterocycles. The molecule has 0 N–H and O–H groups in total. The molecular weight excluding hydrogens is 609 g/mol. The fraction of sp³-hybridized carbons (Fsp3) is 0.0833. The van der Waals surface area contributed by atoms with Gasteiger partial charge in [0.2, 0.25) is 5.43 Å². The molecule has 7 aromatic rings. The Bertz CT molecular complexity index is 2360. The van der Waals surface area contributed by atoms with E-state index in [1.165, 1.54) is 11.1 Å². The summed E-state index contributed by atoms with van der Waals surface area (Å²) in [6.07, 6.45) is -4.65. The molecule has 0 bridgehead atoms. The van der Waals surface area contributed by atoms with Crippen molar-refractivity contribution in [3.05, 3.63) is 146 Å². The molecule has 46 heavy (non-hydrogen) atoms. The van der Waals surface area contributed by atoms with Crippen LogP contribution < -0.4 is 21.1 Å². The smallest absolute Gasteiger partial charge is 0.311 e. The number of alkyl halides is 3. The Kier molecular flexibility index (Phi) is 7.09. The largest absolute Gasteiger partial charge is 0.416 e. The minimum absolute atomic E-state index is 0.0608. The highest BCUT2D eigenvalue weighted by Crippen LogP contribution is 2.38. The van der Waals surface area contributed by atoms with Crippen LogP contribution in [0, 0.1) is 13.8 Å². The van der Waals surface area contributed by atoms with Gasteiger partial charge in [0.05, 0.1) is 23.0 Å². The van der Waals surface area contributed by atoms with Crippen LogP contribution in [0.1, 0.15) is 16.7 Å². The number of hydrogen-bond donors (Lipinski definition) is 0. The van der Waals surface area contributed by atoms with E-state index in [0.29, 0.717) is 17.1 Å². The molecule has 0 aliphatic carbocycles. The fourth-order valence-corrected chi connectivity index (χ4v) is 6.07. The summed E-state index contributed by atoms with van der Waals surface area (Å²) in [6, 6.07) is 30.9. The Morgan fingerprint density at radius 1 is 0.652 bits per heavy atom. The molecule has 0 amide bonds. The van der Waals surface area contributed by atoms with E-state index >= 15 is 0 Å². The van der Waals surface area contributed by atoms with Crippen LogP contribution >= 0.6 is 11.7 Å². The lowest BCUT2D eigenvalue weighted by molar-refractivity contribution is -0.137. The van der Waals surface area contributed by atoms with Crippen molar-refractivity contribution in [3.63, 3.8) is 0 Å². The predicted molar refractivity (Wildman–Crippen MR) is 176 cm³/mol. The number of hydrogen-bond acceptors (Lipinski definition) is 7. The first kappa shape index (κ1) is 29.2. The van der Waals surface area contributed by atoms with E-state index in [1.54, 1.807) is 6.07 Å². The maximum Gasteiger partial charge on any atom is 0.416 e. The quantitative estimate of drug-likeness (QED) is 0.178. The van der Waals surface area contributed by atoms with Crippen molar-refractivity contribution in [1.29, 1.82) is 0 Å². The van der Waals surface area contributed by atoms with E-state index in [-0.39, 0.29) is 21.8 Å². The lowest BCUT2D eigenvalue weighted by Crippen LogP contribution is -2.30. The Morgan fingerprint density at radius 2 is 1.22 bits per heavy atom. The monoisotopic (exact) mass is 632 g/mol. The lowest BCUT2D eigenvalue weighted by atomic mass is 10.0. The number of nitrogens with zero attached hydrogens (tertiary/aromatic N) is 4. The molecule has 0 aliphatic heterocycles. The molecule has 1 heterocycles. The summed E-state index contributed by atoms with van der Waals surface area (Å²) < 4.78 is 48.6. The van der Waals surface area contributed by atoms with Gasteiger partial charge in [-0.05, 0) is 80.1 Å². The minimum atomic E-state index is -4.65. The van der Waals surface area contributed by atoms with Gasteiger partial charge in [-0.3, -0.25) is 9.59 Å². The summed E-state index contributed by atoms with van der Waals surface area (Å²) in [5, 5.41) is -0.466. The van der Waals surface area contributed by atoms with Gasteiger partial charge in [0, 0.05) is 33.4 Å². The molecule has 6 aromatic carbocycles. The maximum atomic E-state index is 13.2. The van der Waals surface area contributed by atoms with Crippen LogP contribution in [-0.4, -0.2) is 8.75 Å². The zero-order chi connectivity index (χ0) is 32.2. The number of halogens is 3. The topological polar surface area (TPSA) is 75.5 Å². The summed E-state index contributed by atoms with van der Waals surface area (Å²) in [5.41, 5.74) is 5.29. The molecule has 0 aliphatic rings. The van der Waals surface area contributed by atoms with E-state index in [4.69, 9.17) is 0 Å². The fourth-order valence-electron chi connectivity index (χ4n) is 5.50. The van der Waals surface area contributed by atoms with Gasteiger partial charge in [-0.25, -0.2) is 4.99 Å². The molecule has 0 fully saturated rings. The summed E-state index contributed by atoms with van der Waals surface area (Å²) in [5.74, 6) is 0. The summed E-state index contributed by atoms with van der Waals surface area (Å²) >= 11 is 0.976. The van der Waals surface area contributed by atoms with Crippen LogP contribution in [0.5, 0.6) is 0 Å². The number of anilines is 3. The first-order valence-corrected chi connectivity index (χ1v) is 15.0. The van der Waals surface area contributed by atoms with Crippen molar-refractivity contribution < 1.29 is 13.2 Å². The number of rotatable bonds is 5. The number of aromatic nitrogens is 2. The standard InChI is InChI=1S/C36H23F3N4O2S/c1-20-3-10-24(11-4-20)43(25-12-5-21(2)6-13-25)26-14-7-22(8-15-26)27-17-18-30(33-31(27)41-46-42-33)40-32-28-16-9-23(36(37,38)39)19-29(28)34(44)35(32)45/h3-19H,1-2H3. The lowest BCUT2D eigenvalue weighted by Gasteiger charge is -2.26. The van der Waals surface area contributed by atoms with Gasteiger partial charge in [-0.1, -0.05) is 53.6 Å². The van der Waals surface area contributed by atoms with Crippen molar-refractivity contribution in [2.45, 2.75) is 20.0 Å². The van der Waals surface area contributed by atoms with Gasteiger partial charge in [0.1, 0.15) is 16.4 Å². The third-order valence-corrected chi connectivity index (χ3v) is 8.44. The van der Waals surface area contributed by atoms with E-state index in [2.05, 4.69) is 81.0 Å². The van der Waals surface area contributed by atoms with Crippen molar-refractivity contribution in [3.8, 4) is 11.1 Å². The minimum Gasteiger partial charge on any atom is -0.311 e. The normalized spacial score (nSPS) is 12.3. The molecule has 0 saturated heterocycles. The van der Waals surface area contributed by atoms with E-state index in [1.807, 2.05) is 30.3 Å². The Hall–Kier alpha value is -5.48. The van der Waals surface area contributed by atoms with Gasteiger partial charge in [0.25, 0.3) is 5.43 Å². The molecule has 0 radical (unpaired) electrons. The van der Waals surface area contributed by atoms with Crippen LogP contribution in [0.4, 0.5) is 35.9 Å². The van der Waals surface area contributed by atoms with Gasteiger partial charge >= 0.3 is 6.18 Å². The van der Waals surface area contributed by atoms with Crippen LogP contribution in [0.25, 0.3) is 32.9 Å². The van der Waals surface area contributed by atoms with Crippen molar-refractivity contribution in [1.82, 2.24) is 8.75 Å². The molecule has 6 nitrogen and oxygen atoms in total. The van der Waals surface area contributed by atoms with Crippen LogP contribution in [-0.2, 0) is 6.18 Å². The second kappa shape index (κ2) is 11.1. The first-order chi connectivity index (χ1) is 22.1. The molecule has 0 unspecified atom stereocenters. The van der Waals surface area contributed by atoms with Gasteiger partial charge in [-0.15, -0.1) is 0 Å². The van der Waals surface area contributed by atoms with Crippen molar-refractivity contribution in [2.75, 3.05) is 4.90 Å². The molecule has 0 saturated carbocycles. The number of aryl methyl sites for hydroxylation is 2. The van der Waals surface area contributed by atoms with Crippen LogP contribution in [0.3, 0.4) is 0 Å². The van der Waals surface area contributed by atoms with Crippen LogP contribution in [0.15, 0.2) is 118 Å². The second-order valence-corrected chi connectivity index (χ2v) is 11.6. The maximum absolute atomic E-state index is 13.2. The zero-order valence-corrected chi connectivity index (χ0v) is 25.3. The first-order valence-electron chi connectivity index (χ1n) is 14.3. The molecule has 0 atom stereocenters. The average Bonchev–Trinajstić information content (AvgIpc) is 3.63. The molecule has 7 rings (SSSR count). The second-order valence-electron chi connectivity index (χ2n) is 11.0. The highest BCUT2D eigenvalue weighted by molar-refractivity contribution is 7.00. The number of fused-ring (bicyclic) bond motifs is 2. The van der Waals surface area contributed by atoms with Gasteiger partial charge in [-0.2, -0.15) is 21.9 Å². The SMILES string of the molecule is Cc1ccc(N(c2ccc(C)cc2)c2ccc(-c3ccc(N=c4c(=O)c(=O)c5cc(C(F)(F)F)ccc45)c4nsnc34)cc2)cc1. The van der Waals surface area contributed by atoms with E-state index < -0.39 is 22.6 Å². The zero-order valence-electron chi connectivity index (χ0n) is 24.5. The highest BCUT2D eigenvalue weighted by atomic mass is 32.1. The van der Waals surface area contributed by atoms with E-state index in [0.717, 1.165) is 52.0 Å². The molecule has 0 spiro atoms. The van der Waals surface area contributed by atoms with Crippen molar-refractivity contribution >= 4 is 56.3 Å². The van der Waals surface area contributed by atoms with Crippen molar-refractivity contribution in [2.24, 2.45) is 4.99 Å². The molecule has 10 heteroatoms. The molecular formula is C36H23F3N4O2S. The summed E-state index contributed by atoms with van der Waals surface area (Å²) in [7, 11) is 0. The highest BCUT2D eigenvalue weighted by Gasteiger charge is 2.31. The van der Waals surface area contributed by atoms with E-state index in [9.17, 15) is 22.8 Å². The number of benzene rings is 5. The Labute approximate surface area is 264 Å². The van der Waals surface area contributed by atoms with Crippen LogP contribution in [0.2, 0.25) is 0 Å². The van der Waals surface area contributed by atoms with Gasteiger partial charge in [0.15, 0.2) is 0 Å². The summed E-state index contributed by atoms with van der Waals surface area (Å²) in [4.78, 5) is 32.0. The molecule has 226 valence electrons. The predicted octanol–water partition coefficient (Wildman–Crippen LogP) is 8.45. The third kappa shape index (κ3) is 5.16. The third-order valence-electron chi connectivity index (χ3n) is 7.92. The average molecular weight is 633 g/mol. The van der Waals surface area contributed by atoms with Gasteiger partial charge < -0.3 is 4.90 Å². The Morgan fingerprint density at radius 3 is 1.80 bits per heavy atom. The summed E-state index contributed by atoms with van der Waals surface area (Å²) in [6.45, 7) is 4.11. The Balaban J connectivity index is 1.29.